The number of amides is 4. The molecule has 10 aliphatic rings. The van der Waals surface area contributed by atoms with Gasteiger partial charge >= 0.3 is 0 Å². The summed E-state index contributed by atoms with van der Waals surface area (Å²) >= 11 is 0. The standard InChI is InChI=1S/C32H32N6O7S7/c1-14(2)30-26(45)38-22-29(16-10-6-8-12-18(16)34-22,20(41)32(38,48-50-47-30)25(44)36(30)4)28-15-9-5-7-11-17(15)33-21(28)37-23(42)27(13-39)35(3)24(43)31(37,19(28)40)49-52-51-46-27/h5-12,14,19-22,33-34,39-41H,13H2,1-4H3/t19-,20-,21-,22+,27-,28-,29+,30-,31-,32-/m0/s1. The molecule has 4 bridgehead atoms. The van der Waals surface area contributed by atoms with Crippen LogP contribution in [0, 0.1) is 5.92 Å². The lowest BCUT2D eigenvalue weighted by Crippen LogP contribution is -2.76. The number of anilines is 2. The Morgan fingerprint density at radius 3 is 1.69 bits per heavy atom. The highest BCUT2D eigenvalue weighted by Crippen LogP contribution is 2.78. The lowest BCUT2D eigenvalue weighted by molar-refractivity contribution is -0.169. The molecule has 5 N–H and O–H groups in total. The van der Waals surface area contributed by atoms with Crippen molar-refractivity contribution < 1.29 is 34.5 Å². The molecule has 10 heterocycles. The summed E-state index contributed by atoms with van der Waals surface area (Å²) in [5.74, 6) is -2.28. The van der Waals surface area contributed by atoms with Crippen molar-refractivity contribution in [2.24, 2.45) is 5.92 Å². The largest absolute Gasteiger partial charge is 0.392 e. The highest BCUT2D eigenvalue weighted by molar-refractivity contribution is 9.26. The number of nitrogens with zero attached hydrogens (tertiary/aromatic N) is 4. The van der Waals surface area contributed by atoms with Crippen molar-refractivity contribution >= 4 is 108 Å². The highest BCUT2D eigenvalue weighted by Gasteiger charge is 2.92. The van der Waals surface area contributed by atoms with Gasteiger partial charge in [-0.15, -0.1) is 0 Å². The van der Waals surface area contributed by atoms with Crippen LogP contribution in [0.25, 0.3) is 0 Å². The van der Waals surface area contributed by atoms with Crippen LogP contribution in [-0.2, 0) is 30.0 Å². The average Bonchev–Trinajstić information content (AvgIpc) is 3.72. The van der Waals surface area contributed by atoms with Crippen molar-refractivity contribution in [3.63, 3.8) is 0 Å². The smallest absolute Gasteiger partial charge is 0.265 e. The summed E-state index contributed by atoms with van der Waals surface area (Å²) in [6.07, 6.45) is -5.68. The maximum atomic E-state index is 15.4. The third-order valence-corrected chi connectivity index (χ3v) is 25.3. The Bertz CT molecular complexity index is 2040. The Labute approximate surface area is 325 Å². The van der Waals surface area contributed by atoms with Gasteiger partial charge in [-0.25, -0.2) is 0 Å². The molecule has 0 aliphatic carbocycles. The van der Waals surface area contributed by atoms with Gasteiger partial charge in [0.05, 0.1) is 17.4 Å². The first-order valence-electron chi connectivity index (χ1n) is 16.5. The molecule has 0 radical (unpaired) electrons. The number of benzene rings is 2. The van der Waals surface area contributed by atoms with Gasteiger partial charge in [0, 0.05) is 25.5 Å². The molecule has 4 amide bonds. The topological polar surface area (TPSA) is 166 Å². The minimum Gasteiger partial charge on any atom is -0.392 e. The van der Waals surface area contributed by atoms with Gasteiger partial charge in [0.15, 0.2) is 4.87 Å². The fourth-order valence-corrected chi connectivity index (χ4v) is 24.5. The van der Waals surface area contributed by atoms with E-state index in [1.165, 1.54) is 66.9 Å². The zero-order valence-electron chi connectivity index (χ0n) is 27.8. The number of likely N-dealkylation sites (N-methyl/N-ethyl adjacent to an activating group) is 2. The van der Waals surface area contributed by atoms with E-state index >= 15 is 19.2 Å². The van der Waals surface area contributed by atoms with E-state index < -0.39 is 79.2 Å². The number of fused-ring (bicyclic) bond motifs is 14. The second-order valence-corrected chi connectivity index (χ2v) is 25.0. The molecular weight excluding hydrogens is 805 g/mol. The van der Waals surface area contributed by atoms with E-state index in [9.17, 15) is 15.3 Å². The van der Waals surface area contributed by atoms with Crippen molar-refractivity contribution in [3.05, 3.63) is 59.7 Å². The maximum absolute atomic E-state index is 15.4. The molecule has 0 aromatic heterocycles. The number of carbonyl (C=O) groups excluding carboxylic acids is 4. The monoisotopic (exact) mass is 836 g/mol. The minimum absolute atomic E-state index is 0.324. The predicted molar refractivity (Wildman–Crippen MR) is 208 cm³/mol. The van der Waals surface area contributed by atoms with Gasteiger partial charge in [0.2, 0.25) is 14.6 Å². The van der Waals surface area contributed by atoms with E-state index in [0.717, 1.165) is 32.4 Å². The molecule has 274 valence electrons. The van der Waals surface area contributed by atoms with Crippen LogP contribution in [0.5, 0.6) is 0 Å². The van der Waals surface area contributed by atoms with Crippen LogP contribution in [0.1, 0.15) is 25.0 Å². The van der Waals surface area contributed by atoms with Gasteiger partial charge in [0.25, 0.3) is 23.6 Å². The van der Waals surface area contributed by atoms with Crippen molar-refractivity contribution in [3.8, 4) is 0 Å². The predicted octanol–water partition coefficient (Wildman–Crippen LogP) is 2.88. The molecule has 20 heteroatoms. The minimum atomic E-state index is -1.94. The third-order valence-electron chi connectivity index (χ3n) is 12.7. The molecule has 10 aliphatic heterocycles. The molecule has 12 rings (SSSR count). The Morgan fingerprint density at radius 2 is 1.15 bits per heavy atom. The molecule has 52 heavy (non-hydrogen) atoms. The summed E-state index contributed by atoms with van der Waals surface area (Å²) in [6, 6.07) is 14.6. The van der Waals surface area contributed by atoms with Crippen LogP contribution >= 0.6 is 72.7 Å². The zero-order chi connectivity index (χ0) is 36.5. The van der Waals surface area contributed by atoms with Crippen LogP contribution in [0.4, 0.5) is 11.4 Å². The summed E-state index contributed by atoms with van der Waals surface area (Å²) in [7, 11) is 11.4. The van der Waals surface area contributed by atoms with Crippen LogP contribution in [0.15, 0.2) is 48.5 Å². The van der Waals surface area contributed by atoms with E-state index in [-0.39, 0.29) is 11.8 Å². The summed E-state index contributed by atoms with van der Waals surface area (Å²) in [5.41, 5.74) is -1.25. The van der Waals surface area contributed by atoms with Crippen LogP contribution in [0.3, 0.4) is 0 Å². The normalized spacial score (nSPS) is 43.8. The number of nitrogens with one attached hydrogen (secondary N) is 2. The summed E-state index contributed by atoms with van der Waals surface area (Å²) in [5, 5.41) is 45.3. The van der Waals surface area contributed by atoms with Crippen LogP contribution in [-0.4, -0.2) is 123 Å². The number of aliphatic hydroxyl groups excluding tert-OH is 3. The van der Waals surface area contributed by atoms with Crippen molar-refractivity contribution in [2.75, 3.05) is 31.3 Å². The zero-order valence-corrected chi connectivity index (χ0v) is 33.5. The number of rotatable bonds is 3. The number of carbonyl (C=O) groups is 4. The van der Waals surface area contributed by atoms with Gasteiger partial charge in [-0.2, -0.15) is 0 Å². The maximum Gasteiger partial charge on any atom is 0.265 e. The molecule has 8 saturated heterocycles. The number of hydrogen-bond acceptors (Lipinski definition) is 16. The summed E-state index contributed by atoms with van der Waals surface area (Å²) < 4.78 is 0. The number of piperazine rings is 2. The molecule has 2 aromatic carbocycles. The van der Waals surface area contributed by atoms with E-state index in [0.29, 0.717) is 22.5 Å². The molecule has 0 saturated carbocycles. The first kappa shape index (κ1) is 34.7. The van der Waals surface area contributed by atoms with E-state index in [1.807, 2.05) is 62.4 Å². The van der Waals surface area contributed by atoms with Gasteiger partial charge in [-0.05, 0) is 102 Å². The van der Waals surface area contributed by atoms with Gasteiger partial charge in [-0.3, -0.25) is 29.0 Å². The van der Waals surface area contributed by atoms with Gasteiger partial charge in [-0.1, -0.05) is 50.2 Å². The molecule has 13 nitrogen and oxygen atoms in total. The number of aliphatic hydroxyl groups is 3. The van der Waals surface area contributed by atoms with Crippen LogP contribution < -0.4 is 10.6 Å². The summed E-state index contributed by atoms with van der Waals surface area (Å²) in [6.45, 7) is 3.12. The number of hydrogen-bond donors (Lipinski definition) is 5. The molecular formula is C32H32N6O7S7. The SMILES string of the molecule is CC(C)[C@@]12SSS[C@]3(C(=O)N1C)[C@@H](O)[C@]1([C@]45c6ccccc6N[C@H]4N4C(=O)[C@]6(CO)SSSS[C@]4(C(=O)N6C)[C@H]5O)c4ccccc4N[C@@H]1N3C2=O. The fourth-order valence-electron chi connectivity index (χ4n) is 10.5. The van der Waals surface area contributed by atoms with Crippen molar-refractivity contribution in [1.29, 1.82) is 0 Å². The van der Waals surface area contributed by atoms with Gasteiger partial charge in [0.1, 0.15) is 24.5 Å². The second kappa shape index (κ2) is 10.8. The lowest BCUT2D eigenvalue weighted by Gasteiger charge is -2.54. The van der Waals surface area contributed by atoms with Gasteiger partial charge < -0.3 is 35.8 Å². The van der Waals surface area contributed by atoms with E-state index in [1.54, 1.807) is 7.05 Å². The Morgan fingerprint density at radius 1 is 0.673 bits per heavy atom. The molecule has 2 aromatic rings. The molecule has 2 spiro atoms. The molecule has 10 atom stereocenters. The lowest BCUT2D eigenvalue weighted by atomic mass is 9.52. The van der Waals surface area contributed by atoms with Crippen molar-refractivity contribution in [1.82, 2.24) is 19.6 Å². The molecule has 8 fully saturated rings. The summed E-state index contributed by atoms with van der Waals surface area (Å²) in [4.78, 5) is 59.6. The second-order valence-electron chi connectivity index (χ2n) is 14.5. The van der Waals surface area contributed by atoms with E-state index in [2.05, 4.69) is 10.6 Å². The molecule has 0 unspecified atom stereocenters. The van der Waals surface area contributed by atoms with Crippen LogP contribution in [0.2, 0.25) is 0 Å². The highest BCUT2D eigenvalue weighted by atomic mass is 33.7. The first-order valence-corrected chi connectivity index (χ1v) is 24.8. The Balaban J connectivity index is 1.34. The Hall–Kier alpha value is -1.75. The number of para-hydroxylation sites is 2. The van der Waals surface area contributed by atoms with Crippen molar-refractivity contribution in [2.45, 2.75) is 68.7 Å². The Kier molecular flexibility index (Phi) is 7.18. The first-order chi connectivity index (χ1) is 24.8. The van der Waals surface area contributed by atoms with E-state index in [4.69, 9.17) is 0 Å². The average molecular weight is 837 g/mol. The third kappa shape index (κ3) is 3.21. The quantitative estimate of drug-likeness (QED) is 0.287. The fraction of sp³-hybridized carbons (Fsp3) is 0.500.